The van der Waals surface area contributed by atoms with E-state index in [-0.39, 0.29) is 17.6 Å². The van der Waals surface area contributed by atoms with Gasteiger partial charge in [-0.05, 0) is 37.6 Å². The van der Waals surface area contributed by atoms with Gasteiger partial charge in [0.15, 0.2) is 0 Å². The molecule has 0 bridgehead atoms. The number of para-hydroxylation sites is 1. The molecule has 4 heterocycles. The first-order chi connectivity index (χ1) is 14.1. The molecule has 1 aromatic carbocycles. The molecule has 2 saturated heterocycles. The topological polar surface area (TPSA) is 67.5 Å². The Balaban J connectivity index is 1.19. The number of nitrogens with one attached hydrogen (secondary N) is 1. The minimum Gasteiger partial charge on any atom is -0.372 e. The smallest absolute Gasteiger partial charge is 0.270 e. The maximum Gasteiger partial charge on any atom is 0.270 e. The van der Waals surface area contributed by atoms with Crippen molar-refractivity contribution in [1.29, 1.82) is 0 Å². The highest BCUT2D eigenvalue weighted by molar-refractivity contribution is 5.98. The third kappa shape index (κ3) is 3.66. The number of aromatic amines is 1. The highest BCUT2D eigenvalue weighted by Gasteiger charge is 2.49. The first-order valence-corrected chi connectivity index (χ1v) is 10.2. The van der Waals surface area contributed by atoms with Gasteiger partial charge in [-0.2, -0.15) is 0 Å². The lowest BCUT2D eigenvalue weighted by Crippen LogP contribution is -2.67. The highest BCUT2D eigenvalue weighted by Crippen LogP contribution is 2.36. The second-order valence-corrected chi connectivity index (χ2v) is 8.16. The Morgan fingerprint density at radius 2 is 2.14 bits per heavy atom. The summed E-state index contributed by atoms with van der Waals surface area (Å²) in [6.07, 6.45) is 1.83. The molecule has 0 unspecified atom stereocenters. The molecule has 0 radical (unpaired) electrons. The van der Waals surface area contributed by atoms with Crippen LogP contribution in [0.4, 0.5) is 0 Å². The standard InChI is InChI=1S/C23H25N3O3/c1-16-5-4-7-18(24-16)13-28-19-9-10-29-23(12-19)14-26(15-23)22(27)21-11-17-6-2-3-8-20(17)25-21/h2-8,11,19,25H,9-10,12-15H2,1H3/t19-/m1/s1. The fourth-order valence-electron chi connectivity index (χ4n) is 4.38. The van der Waals surface area contributed by atoms with Crippen LogP contribution in [0.5, 0.6) is 0 Å². The molecule has 0 aliphatic carbocycles. The summed E-state index contributed by atoms with van der Waals surface area (Å²) in [5.41, 5.74) is 3.30. The Labute approximate surface area is 169 Å². The third-order valence-electron chi connectivity index (χ3n) is 5.87. The van der Waals surface area contributed by atoms with E-state index in [1.54, 1.807) is 0 Å². The zero-order valence-corrected chi connectivity index (χ0v) is 16.6. The molecule has 0 saturated carbocycles. The number of nitrogens with zero attached hydrogens (tertiary/aromatic N) is 2. The van der Waals surface area contributed by atoms with Crippen molar-refractivity contribution in [3.63, 3.8) is 0 Å². The minimum atomic E-state index is -0.273. The molecule has 1 atom stereocenters. The second-order valence-electron chi connectivity index (χ2n) is 8.16. The molecule has 29 heavy (non-hydrogen) atoms. The van der Waals surface area contributed by atoms with Crippen LogP contribution in [0, 0.1) is 6.92 Å². The number of ether oxygens (including phenoxy) is 2. The second kappa shape index (κ2) is 7.28. The molecule has 3 aromatic rings. The maximum atomic E-state index is 12.8. The van der Waals surface area contributed by atoms with Crippen LogP contribution in [-0.4, -0.2) is 52.2 Å². The predicted molar refractivity (Wildman–Crippen MR) is 110 cm³/mol. The van der Waals surface area contributed by atoms with E-state index in [2.05, 4.69) is 9.97 Å². The van der Waals surface area contributed by atoms with Crippen molar-refractivity contribution in [3.8, 4) is 0 Å². The molecule has 2 aromatic heterocycles. The number of fused-ring (bicyclic) bond motifs is 1. The summed E-state index contributed by atoms with van der Waals surface area (Å²) in [5, 5.41) is 1.05. The molecule has 6 nitrogen and oxygen atoms in total. The Morgan fingerprint density at radius 3 is 2.97 bits per heavy atom. The number of hydrogen-bond acceptors (Lipinski definition) is 4. The number of likely N-dealkylation sites (tertiary alicyclic amines) is 1. The van der Waals surface area contributed by atoms with Gasteiger partial charge in [-0.1, -0.05) is 24.3 Å². The summed E-state index contributed by atoms with van der Waals surface area (Å²) in [7, 11) is 0. The number of pyridine rings is 1. The number of aromatic nitrogens is 2. The number of carbonyl (C=O) groups is 1. The van der Waals surface area contributed by atoms with E-state index >= 15 is 0 Å². The molecule has 2 aliphatic heterocycles. The summed E-state index contributed by atoms with van der Waals surface area (Å²) in [4.78, 5) is 22.4. The van der Waals surface area contributed by atoms with Crippen LogP contribution in [0.3, 0.4) is 0 Å². The van der Waals surface area contributed by atoms with Gasteiger partial charge in [-0.15, -0.1) is 0 Å². The number of rotatable bonds is 4. The number of hydrogen-bond donors (Lipinski definition) is 1. The summed E-state index contributed by atoms with van der Waals surface area (Å²) in [5.74, 6) is 0.0300. The lowest BCUT2D eigenvalue weighted by Gasteiger charge is -2.52. The average Bonchev–Trinajstić information content (AvgIpc) is 3.14. The molecule has 1 N–H and O–H groups in total. The normalized spacial score (nSPS) is 20.7. The quantitative estimate of drug-likeness (QED) is 0.740. The number of benzene rings is 1. The van der Waals surface area contributed by atoms with Gasteiger partial charge in [-0.25, -0.2) is 0 Å². The lowest BCUT2D eigenvalue weighted by atomic mass is 9.84. The zero-order chi connectivity index (χ0) is 19.8. The largest absolute Gasteiger partial charge is 0.372 e. The highest BCUT2D eigenvalue weighted by atomic mass is 16.5. The maximum absolute atomic E-state index is 12.8. The minimum absolute atomic E-state index is 0.0300. The molecule has 2 aliphatic rings. The summed E-state index contributed by atoms with van der Waals surface area (Å²) in [6, 6.07) is 15.8. The summed E-state index contributed by atoms with van der Waals surface area (Å²) < 4.78 is 12.2. The first kappa shape index (κ1) is 18.3. The van der Waals surface area contributed by atoms with Gasteiger partial charge in [0.2, 0.25) is 0 Å². The van der Waals surface area contributed by atoms with E-state index in [0.717, 1.165) is 35.1 Å². The molecule has 150 valence electrons. The molecule has 6 heteroatoms. The van der Waals surface area contributed by atoms with Crippen molar-refractivity contribution in [2.45, 2.75) is 38.1 Å². The Bertz CT molecular complexity index is 1010. The zero-order valence-electron chi connectivity index (χ0n) is 16.6. The number of H-pyrrole nitrogens is 1. The number of amides is 1. The monoisotopic (exact) mass is 391 g/mol. The SMILES string of the molecule is Cc1cccc(CO[C@@H]2CCOC3(C2)CN(C(=O)c2cc4ccccc4[nH]2)C3)n1. The van der Waals surface area contributed by atoms with Crippen molar-refractivity contribution in [3.05, 3.63) is 65.6 Å². The third-order valence-corrected chi connectivity index (χ3v) is 5.87. The Kier molecular flexibility index (Phi) is 4.60. The molecule has 2 fully saturated rings. The first-order valence-electron chi connectivity index (χ1n) is 10.2. The fourth-order valence-corrected chi connectivity index (χ4v) is 4.38. The van der Waals surface area contributed by atoms with Crippen LogP contribution in [0.15, 0.2) is 48.5 Å². The van der Waals surface area contributed by atoms with Crippen LogP contribution in [0.2, 0.25) is 0 Å². The summed E-state index contributed by atoms with van der Waals surface area (Å²) >= 11 is 0. The van der Waals surface area contributed by atoms with Crippen molar-refractivity contribution in [2.75, 3.05) is 19.7 Å². The van der Waals surface area contributed by atoms with Crippen LogP contribution in [0.25, 0.3) is 10.9 Å². The van der Waals surface area contributed by atoms with Crippen molar-refractivity contribution < 1.29 is 14.3 Å². The Morgan fingerprint density at radius 1 is 1.28 bits per heavy atom. The van der Waals surface area contributed by atoms with Crippen molar-refractivity contribution in [1.82, 2.24) is 14.9 Å². The molecule has 5 rings (SSSR count). The van der Waals surface area contributed by atoms with Crippen LogP contribution < -0.4 is 0 Å². The van der Waals surface area contributed by atoms with Crippen LogP contribution in [-0.2, 0) is 16.1 Å². The van der Waals surface area contributed by atoms with E-state index in [0.29, 0.717) is 32.0 Å². The van der Waals surface area contributed by atoms with E-state index in [1.807, 2.05) is 60.4 Å². The molecule has 1 spiro atoms. The van der Waals surface area contributed by atoms with E-state index in [4.69, 9.17) is 9.47 Å². The van der Waals surface area contributed by atoms with Crippen LogP contribution in [0.1, 0.15) is 34.7 Å². The molecule has 1 amide bonds. The van der Waals surface area contributed by atoms with Gasteiger partial charge < -0.3 is 19.4 Å². The van der Waals surface area contributed by atoms with Gasteiger partial charge in [0.1, 0.15) is 11.3 Å². The van der Waals surface area contributed by atoms with E-state index < -0.39 is 0 Å². The van der Waals surface area contributed by atoms with Gasteiger partial charge in [-0.3, -0.25) is 9.78 Å². The number of aryl methyl sites for hydroxylation is 1. The average molecular weight is 391 g/mol. The predicted octanol–water partition coefficient (Wildman–Crippen LogP) is 3.46. The lowest BCUT2D eigenvalue weighted by molar-refractivity contribution is -0.188. The number of carbonyl (C=O) groups excluding carboxylic acids is 1. The van der Waals surface area contributed by atoms with E-state index in [9.17, 15) is 4.79 Å². The summed E-state index contributed by atoms with van der Waals surface area (Å²) in [6.45, 7) is 4.40. The Hall–Kier alpha value is -2.70. The van der Waals surface area contributed by atoms with Gasteiger partial charge in [0.05, 0.1) is 31.5 Å². The molecular weight excluding hydrogens is 366 g/mol. The van der Waals surface area contributed by atoms with E-state index in [1.165, 1.54) is 0 Å². The van der Waals surface area contributed by atoms with Crippen molar-refractivity contribution in [2.24, 2.45) is 0 Å². The van der Waals surface area contributed by atoms with Crippen LogP contribution >= 0.6 is 0 Å². The molecular formula is C23H25N3O3. The van der Waals surface area contributed by atoms with Gasteiger partial charge in [0, 0.05) is 29.6 Å². The van der Waals surface area contributed by atoms with Gasteiger partial charge >= 0.3 is 0 Å². The van der Waals surface area contributed by atoms with Crippen molar-refractivity contribution >= 4 is 16.8 Å². The van der Waals surface area contributed by atoms with Gasteiger partial charge in [0.25, 0.3) is 5.91 Å². The fraction of sp³-hybridized carbons (Fsp3) is 0.391.